The zero-order chi connectivity index (χ0) is 20.2. The summed E-state index contributed by atoms with van der Waals surface area (Å²) in [5, 5.41) is 0. The van der Waals surface area contributed by atoms with Crippen LogP contribution < -0.4 is 0 Å². The molecule has 0 spiro atoms. The molecule has 1 heterocycles. The molecule has 4 heteroatoms. The van der Waals surface area contributed by atoms with Crippen LogP contribution in [-0.2, 0) is 9.47 Å². The van der Waals surface area contributed by atoms with Gasteiger partial charge in [-0.05, 0) is 93.1 Å². The maximum atomic E-state index is 14.9. The number of benzene rings is 1. The molecule has 3 fully saturated rings. The van der Waals surface area contributed by atoms with Crippen LogP contribution in [0.4, 0.5) is 8.78 Å². The van der Waals surface area contributed by atoms with E-state index in [1.54, 1.807) is 6.07 Å². The Kier molecular flexibility index (Phi) is 7.23. The van der Waals surface area contributed by atoms with Crippen molar-refractivity contribution >= 4 is 0 Å². The molecule has 2 nitrogen and oxygen atoms in total. The molecular weight excluding hydrogens is 370 g/mol. The Balaban J connectivity index is 1.31. The van der Waals surface area contributed by atoms with Crippen molar-refractivity contribution < 1.29 is 18.3 Å². The van der Waals surface area contributed by atoms with E-state index in [0.717, 1.165) is 55.1 Å². The molecule has 0 bridgehead atoms. The van der Waals surface area contributed by atoms with E-state index in [1.165, 1.54) is 25.7 Å². The Morgan fingerprint density at radius 1 is 0.862 bits per heavy atom. The molecule has 4 rings (SSSR count). The summed E-state index contributed by atoms with van der Waals surface area (Å²) < 4.78 is 39.4. The fourth-order valence-electron chi connectivity index (χ4n) is 5.71. The van der Waals surface area contributed by atoms with Crippen molar-refractivity contribution in [1.82, 2.24) is 0 Å². The Labute approximate surface area is 174 Å². The highest BCUT2D eigenvalue weighted by molar-refractivity contribution is 5.28. The van der Waals surface area contributed by atoms with Crippen LogP contribution in [0.3, 0.4) is 0 Å². The molecule has 0 unspecified atom stereocenters. The van der Waals surface area contributed by atoms with E-state index in [4.69, 9.17) is 9.47 Å². The lowest BCUT2D eigenvalue weighted by molar-refractivity contribution is -0.205. The molecule has 162 valence electrons. The SMILES string of the molecule is CCC1COC(c2ccc(C3CCC(C4CCC(CF)CC4)CC3)c(F)c2)OC1. The molecule has 1 aliphatic heterocycles. The number of rotatable bonds is 5. The first kappa shape index (κ1) is 21.2. The lowest BCUT2D eigenvalue weighted by Gasteiger charge is -2.37. The quantitative estimate of drug-likeness (QED) is 0.527. The molecular formula is C25H36F2O2. The van der Waals surface area contributed by atoms with Crippen LogP contribution in [0.25, 0.3) is 0 Å². The number of alkyl halides is 1. The first-order valence-electron chi connectivity index (χ1n) is 11.8. The molecule has 29 heavy (non-hydrogen) atoms. The number of hydrogen-bond donors (Lipinski definition) is 0. The van der Waals surface area contributed by atoms with Gasteiger partial charge >= 0.3 is 0 Å². The fraction of sp³-hybridized carbons (Fsp3) is 0.760. The van der Waals surface area contributed by atoms with Crippen LogP contribution in [0.2, 0.25) is 0 Å². The average Bonchev–Trinajstić information content (AvgIpc) is 2.79. The van der Waals surface area contributed by atoms with Gasteiger partial charge in [-0.15, -0.1) is 0 Å². The van der Waals surface area contributed by atoms with Gasteiger partial charge < -0.3 is 9.47 Å². The van der Waals surface area contributed by atoms with Crippen LogP contribution >= 0.6 is 0 Å². The zero-order valence-electron chi connectivity index (χ0n) is 17.8. The highest BCUT2D eigenvalue weighted by Gasteiger charge is 2.32. The predicted octanol–water partition coefficient (Wildman–Crippen LogP) is 6.95. The van der Waals surface area contributed by atoms with Gasteiger partial charge in [0.25, 0.3) is 0 Å². The minimum atomic E-state index is -0.434. The smallest absolute Gasteiger partial charge is 0.183 e. The second-order valence-electron chi connectivity index (χ2n) is 9.60. The Bertz CT molecular complexity index is 640. The minimum absolute atomic E-state index is 0.112. The summed E-state index contributed by atoms with van der Waals surface area (Å²) in [6.07, 6.45) is 9.60. The van der Waals surface area contributed by atoms with E-state index in [-0.39, 0.29) is 12.5 Å². The van der Waals surface area contributed by atoms with Crippen molar-refractivity contribution in [2.45, 2.75) is 76.9 Å². The van der Waals surface area contributed by atoms with Crippen LogP contribution in [0.5, 0.6) is 0 Å². The summed E-state index contributed by atoms with van der Waals surface area (Å²) in [5.41, 5.74) is 1.65. The molecule has 0 N–H and O–H groups in total. The van der Waals surface area contributed by atoms with Crippen LogP contribution in [0.1, 0.15) is 88.0 Å². The second kappa shape index (κ2) is 9.87. The molecule has 0 aromatic heterocycles. The minimum Gasteiger partial charge on any atom is -0.348 e. The maximum Gasteiger partial charge on any atom is 0.183 e. The van der Waals surface area contributed by atoms with Gasteiger partial charge in [-0.2, -0.15) is 0 Å². The third kappa shape index (κ3) is 5.02. The molecule has 0 amide bonds. The lowest BCUT2D eigenvalue weighted by Crippen LogP contribution is -2.27. The number of halogens is 2. The van der Waals surface area contributed by atoms with Gasteiger partial charge in [0.1, 0.15) is 5.82 Å². The predicted molar refractivity (Wildman–Crippen MR) is 111 cm³/mol. The van der Waals surface area contributed by atoms with Crippen LogP contribution in [0, 0.1) is 29.5 Å². The topological polar surface area (TPSA) is 18.5 Å². The summed E-state index contributed by atoms with van der Waals surface area (Å²) in [4.78, 5) is 0. The summed E-state index contributed by atoms with van der Waals surface area (Å²) in [5.74, 6) is 2.47. The molecule has 2 aliphatic carbocycles. The maximum absolute atomic E-state index is 14.9. The van der Waals surface area contributed by atoms with Gasteiger partial charge in [-0.1, -0.05) is 19.1 Å². The lowest BCUT2D eigenvalue weighted by atomic mass is 9.68. The first-order chi connectivity index (χ1) is 14.2. The molecule has 0 radical (unpaired) electrons. The van der Waals surface area contributed by atoms with E-state index >= 15 is 0 Å². The average molecular weight is 407 g/mol. The van der Waals surface area contributed by atoms with E-state index in [2.05, 4.69) is 6.92 Å². The molecule has 3 aliphatic rings. The summed E-state index contributed by atoms with van der Waals surface area (Å²) >= 11 is 0. The first-order valence-corrected chi connectivity index (χ1v) is 11.8. The standard InChI is InChI=1S/C25H36F2O2/c1-2-17-15-28-25(29-16-17)22-11-12-23(24(27)13-22)21-9-7-20(8-10-21)19-5-3-18(14-26)4-6-19/h11-13,17-21,25H,2-10,14-16H2,1H3. The monoisotopic (exact) mass is 406 g/mol. The number of hydrogen-bond acceptors (Lipinski definition) is 2. The van der Waals surface area contributed by atoms with Crippen molar-refractivity contribution in [3.05, 3.63) is 35.1 Å². The van der Waals surface area contributed by atoms with Gasteiger partial charge in [0.2, 0.25) is 0 Å². The van der Waals surface area contributed by atoms with Gasteiger partial charge in [-0.25, -0.2) is 4.39 Å². The number of ether oxygens (including phenoxy) is 2. The second-order valence-corrected chi connectivity index (χ2v) is 9.60. The third-order valence-electron chi connectivity index (χ3n) is 7.83. The van der Waals surface area contributed by atoms with E-state index in [9.17, 15) is 8.78 Å². The van der Waals surface area contributed by atoms with Crippen molar-refractivity contribution in [2.24, 2.45) is 23.7 Å². The fourth-order valence-corrected chi connectivity index (χ4v) is 5.71. The van der Waals surface area contributed by atoms with Crippen molar-refractivity contribution in [3.8, 4) is 0 Å². The molecule has 0 atom stereocenters. The van der Waals surface area contributed by atoms with Crippen LogP contribution in [0.15, 0.2) is 18.2 Å². The highest BCUT2D eigenvalue weighted by Crippen LogP contribution is 2.44. The van der Waals surface area contributed by atoms with Crippen molar-refractivity contribution in [2.75, 3.05) is 19.9 Å². The van der Waals surface area contributed by atoms with Gasteiger partial charge in [0.05, 0.1) is 19.9 Å². The summed E-state index contributed by atoms with van der Waals surface area (Å²) in [6.45, 7) is 3.35. The largest absolute Gasteiger partial charge is 0.348 e. The summed E-state index contributed by atoms with van der Waals surface area (Å²) in [6, 6.07) is 5.57. The normalized spacial score (nSPS) is 36.1. The Hall–Kier alpha value is -1.00. The molecule has 2 saturated carbocycles. The molecule has 1 saturated heterocycles. The third-order valence-corrected chi connectivity index (χ3v) is 7.83. The zero-order valence-corrected chi connectivity index (χ0v) is 17.8. The van der Waals surface area contributed by atoms with E-state index < -0.39 is 6.29 Å². The van der Waals surface area contributed by atoms with E-state index in [0.29, 0.717) is 31.0 Å². The van der Waals surface area contributed by atoms with Crippen LogP contribution in [-0.4, -0.2) is 19.9 Å². The summed E-state index contributed by atoms with van der Waals surface area (Å²) in [7, 11) is 0. The Morgan fingerprint density at radius 2 is 1.48 bits per heavy atom. The van der Waals surface area contributed by atoms with Gasteiger partial charge in [0, 0.05) is 11.5 Å². The van der Waals surface area contributed by atoms with Gasteiger partial charge in [-0.3, -0.25) is 4.39 Å². The van der Waals surface area contributed by atoms with Gasteiger partial charge in [0.15, 0.2) is 6.29 Å². The molecule has 1 aromatic carbocycles. The van der Waals surface area contributed by atoms with E-state index in [1.807, 2.05) is 12.1 Å². The Morgan fingerprint density at radius 3 is 2.03 bits per heavy atom. The molecule has 1 aromatic rings. The van der Waals surface area contributed by atoms with Crippen molar-refractivity contribution in [3.63, 3.8) is 0 Å². The van der Waals surface area contributed by atoms with Crippen molar-refractivity contribution in [1.29, 1.82) is 0 Å². The highest BCUT2D eigenvalue weighted by atomic mass is 19.1.